The molecule has 0 bridgehead atoms. The fourth-order valence-corrected chi connectivity index (χ4v) is 1.74. The van der Waals surface area contributed by atoms with Crippen LogP contribution in [-0.4, -0.2) is 0 Å². The van der Waals surface area contributed by atoms with Crippen LogP contribution in [0.5, 0.6) is 11.5 Å². The average Bonchev–Trinajstić information content (AvgIpc) is 2.40. The van der Waals surface area contributed by atoms with E-state index in [0.29, 0.717) is 12.1 Å². The lowest BCUT2D eigenvalue weighted by atomic mass is 10.1. The third-order valence-electron chi connectivity index (χ3n) is 2.75. The summed E-state index contributed by atoms with van der Waals surface area (Å²) in [5, 5.41) is 0. The van der Waals surface area contributed by atoms with Crippen LogP contribution in [0.3, 0.4) is 0 Å². The van der Waals surface area contributed by atoms with Crippen molar-refractivity contribution in [2.75, 3.05) is 0 Å². The summed E-state index contributed by atoms with van der Waals surface area (Å²) in [6.45, 7) is -0.185. The van der Waals surface area contributed by atoms with Crippen LogP contribution in [0, 0.1) is 11.6 Å². The number of benzene rings is 2. The van der Waals surface area contributed by atoms with Crippen LogP contribution in [0.4, 0.5) is 22.0 Å². The molecule has 2 aromatic carbocycles. The van der Waals surface area contributed by atoms with Crippen LogP contribution in [0.2, 0.25) is 0 Å². The van der Waals surface area contributed by atoms with Crippen molar-refractivity contribution in [3.63, 3.8) is 0 Å². The van der Waals surface area contributed by atoms with Crippen molar-refractivity contribution in [1.82, 2.24) is 0 Å². The average molecular weight is 303 g/mol. The third-order valence-corrected chi connectivity index (χ3v) is 2.75. The second-order valence-electron chi connectivity index (χ2n) is 4.16. The number of rotatable bonds is 3. The molecule has 0 saturated carbocycles. The summed E-state index contributed by atoms with van der Waals surface area (Å²) < 4.78 is 69.6. The molecule has 7 heteroatoms. The van der Waals surface area contributed by atoms with Gasteiger partial charge in [-0.15, -0.1) is 0 Å². The molecule has 0 amide bonds. The maximum Gasteiger partial charge on any atom is 0.419 e. The van der Waals surface area contributed by atoms with E-state index >= 15 is 0 Å². The standard InChI is InChI=1S/C14H10F5NO/c15-11-2-1-3-13(9(11)7-20)21-8-4-5-12(16)10(6-8)14(17,18)19/h1-6H,7,20H2. The van der Waals surface area contributed by atoms with Crippen molar-refractivity contribution in [2.45, 2.75) is 12.7 Å². The summed E-state index contributed by atoms with van der Waals surface area (Å²) >= 11 is 0. The number of nitrogens with two attached hydrogens (primary N) is 1. The van der Waals surface area contributed by atoms with Gasteiger partial charge in [0.15, 0.2) is 0 Å². The van der Waals surface area contributed by atoms with Gasteiger partial charge in [0, 0.05) is 12.1 Å². The molecule has 0 heterocycles. The molecule has 2 N–H and O–H groups in total. The first-order chi connectivity index (χ1) is 9.82. The Morgan fingerprint density at radius 1 is 1.00 bits per heavy atom. The number of hydrogen-bond acceptors (Lipinski definition) is 2. The lowest BCUT2D eigenvalue weighted by Gasteiger charge is -2.13. The second-order valence-corrected chi connectivity index (χ2v) is 4.16. The summed E-state index contributed by atoms with van der Waals surface area (Å²) in [7, 11) is 0. The predicted molar refractivity (Wildman–Crippen MR) is 65.8 cm³/mol. The first-order valence-electron chi connectivity index (χ1n) is 5.85. The van der Waals surface area contributed by atoms with E-state index < -0.39 is 23.4 Å². The summed E-state index contributed by atoms with van der Waals surface area (Å²) in [6, 6.07) is 6.02. The van der Waals surface area contributed by atoms with Crippen molar-refractivity contribution in [1.29, 1.82) is 0 Å². The van der Waals surface area contributed by atoms with Gasteiger partial charge in [-0.2, -0.15) is 13.2 Å². The first kappa shape index (κ1) is 15.2. The van der Waals surface area contributed by atoms with Crippen LogP contribution >= 0.6 is 0 Å². The highest BCUT2D eigenvalue weighted by Crippen LogP contribution is 2.35. The molecular weight excluding hydrogens is 293 g/mol. The molecule has 0 aliphatic rings. The van der Waals surface area contributed by atoms with Crippen LogP contribution in [0.1, 0.15) is 11.1 Å². The Morgan fingerprint density at radius 2 is 1.71 bits per heavy atom. The Hall–Kier alpha value is -2.15. The summed E-state index contributed by atoms with van der Waals surface area (Å²) in [4.78, 5) is 0. The topological polar surface area (TPSA) is 35.2 Å². The van der Waals surface area contributed by atoms with Crippen LogP contribution in [0.15, 0.2) is 36.4 Å². The van der Waals surface area contributed by atoms with E-state index in [0.717, 1.165) is 12.1 Å². The van der Waals surface area contributed by atoms with E-state index in [1.54, 1.807) is 0 Å². The van der Waals surface area contributed by atoms with E-state index in [4.69, 9.17) is 10.5 Å². The second kappa shape index (κ2) is 5.69. The van der Waals surface area contributed by atoms with Crippen LogP contribution in [-0.2, 0) is 12.7 Å². The number of ether oxygens (including phenoxy) is 1. The van der Waals surface area contributed by atoms with Crippen LogP contribution < -0.4 is 10.5 Å². The Balaban J connectivity index is 2.39. The minimum atomic E-state index is -4.85. The van der Waals surface area contributed by atoms with Gasteiger partial charge in [0.2, 0.25) is 0 Å². The van der Waals surface area contributed by atoms with Crippen molar-refractivity contribution < 1.29 is 26.7 Å². The zero-order chi connectivity index (χ0) is 15.6. The molecule has 0 aromatic heterocycles. The normalized spacial score (nSPS) is 11.5. The highest BCUT2D eigenvalue weighted by Gasteiger charge is 2.34. The zero-order valence-corrected chi connectivity index (χ0v) is 10.5. The molecule has 2 rings (SSSR count). The van der Waals surface area contributed by atoms with E-state index in [1.165, 1.54) is 12.1 Å². The van der Waals surface area contributed by atoms with Crippen molar-refractivity contribution in [2.24, 2.45) is 5.73 Å². The molecule has 0 atom stereocenters. The maximum atomic E-state index is 13.5. The van der Waals surface area contributed by atoms with Gasteiger partial charge in [-0.1, -0.05) is 6.07 Å². The van der Waals surface area contributed by atoms with Gasteiger partial charge >= 0.3 is 6.18 Å². The molecule has 0 spiro atoms. The summed E-state index contributed by atoms with van der Waals surface area (Å²) in [6.07, 6.45) is -4.85. The quantitative estimate of drug-likeness (QED) is 0.861. The van der Waals surface area contributed by atoms with E-state index in [1.807, 2.05) is 0 Å². The Bertz CT molecular complexity index is 654. The monoisotopic (exact) mass is 303 g/mol. The highest BCUT2D eigenvalue weighted by molar-refractivity contribution is 5.40. The molecule has 0 saturated heterocycles. The molecule has 0 aliphatic carbocycles. The molecule has 0 radical (unpaired) electrons. The molecule has 2 aromatic rings. The molecule has 21 heavy (non-hydrogen) atoms. The molecule has 112 valence electrons. The van der Waals surface area contributed by atoms with E-state index in [9.17, 15) is 22.0 Å². The van der Waals surface area contributed by atoms with E-state index in [2.05, 4.69) is 0 Å². The molecular formula is C14H10F5NO. The van der Waals surface area contributed by atoms with Crippen molar-refractivity contribution in [3.8, 4) is 11.5 Å². The first-order valence-corrected chi connectivity index (χ1v) is 5.85. The lowest BCUT2D eigenvalue weighted by molar-refractivity contribution is -0.140. The van der Waals surface area contributed by atoms with Crippen LogP contribution in [0.25, 0.3) is 0 Å². The fraction of sp³-hybridized carbons (Fsp3) is 0.143. The largest absolute Gasteiger partial charge is 0.457 e. The zero-order valence-electron chi connectivity index (χ0n) is 10.5. The Labute approximate surface area is 116 Å². The van der Waals surface area contributed by atoms with Gasteiger partial charge in [0.05, 0.1) is 5.56 Å². The molecule has 0 unspecified atom stereocenters. The highest BCUT2D eigenvalue weighted by atomic mass is 19.4. The van der Waals surface area contributed by atoms with Gasteiger partial charge in [-0.3, -0.25) is 0 Å². The van der Waals surface area contributed by atoms with Gasteiger partial charge in [0.25, 0.3) is 0 Å². The summed E-state index contributed by atoms with van der Waals surface area (Å²) in [5.41, 5.74) is 3.94. The number of hydrogen-bond donors (Lipinski definition) is 1. The lowest BCUT2D eigenvalue weighted by Crippen LogP contribution is -2.08. The minimum Gasteiger partial charge on any atom is -0.457 e. The maximum absolute atomic E-state index is 13.5. The van der Waals surface area contributed by atoms with Crippen molar-refractivity contribution >= 4 is 0 Å². The van der Waals surface area contributed by atoms with Gasteiger partial charge in [-0.05, 0) is 30.3 Å². The minimum absolute atomic E-state index is 0.0165. The number of halogens is 5. The van der Waals surface area contributed by atoms with Gasteiger partial charge in [-0.25, -0.2) is 8.78 Å². The smallest absolute Gasteiger partial charge is 0.419 e. The molecule has 0 fully saturated rings. The SMILES string of the molecule is NCc1c(F)cccc1Oc1ccc(F)c(C(F)(F)F)c1. The fourth-order valence-electron chi connectivity index (χ4n) is 1.74. The van der Waals surface area contributed by atoms with Crippen molar-refractivity contribution in [3.05, 3.63) is 59.2 Å². The molecule has 0 aliphatic heterocycles. The van der Waals surface area contributed by atoms with Gasteiger partial charge in [0.1, 0.15) is 23.1 Å². The predicted octanol–water partition coefficient (Wildman–Crippen LogP) is 4.23. The molecule has 2 nitrogen and oxygen atoms in total. The van der Waals surface area contributed by atoms with E-state index in [-0.39, 0.29) is 23.6 Å². The third kappa shape index (κ3) is 3.30. The van der Waals surface area contributed by atoms with Gasteiger partial charge < -0.3 is 10.5 Å². The summed E-state index contributed by atoms with van der Waals surface area (Å²) in [5.74, 6) is -2.32. The Morgan fingerprint density at radius 3 is 2.33 bits per heavy atom. The Kier molecular flexibility index (Phi) is 4.13. The number of alkyl halides is 3.